The van der Waals surface area contributed by atoms with Crippen LogP contribution in [-0.4, -0.2) is 60.3 Å². The highest BCUT2D eigenvalue weighted by Gasteiger charge is 2.42. The fourth-order valence-electron chi connectivity index (χ4n) is 2.23. The lowest BCUT2D eigenvalue weighted by Crippen LogP contribution is -2.51. The molecule has 6 heteroatoms. The molecule has 1 aliphatic heterocycles. The third kappa shape index (κ3) is 5.23. The van der Waals surface area contributed by atoms with Crippen molar-refractivity contribution in [2.24, 2.45) is 0 Å². The third-order valence-electron chi connectivity index (χ3n) is 3.25. The van der Waals surface area contributed by atoms with Gasteiger partial charge in [0, 0.05) is 40.0 Å². The number of ether oxygens (including phenoxy) is 1. The van der Waals surface area contributed by atoms with Crippen LogP contribution in [0.25, 0.3) is 0 Å². The van der Waals surface area contributed by atoms with Crippen molar-refractivity contribution in [3.05, 3.63) is 12.8 Å². The van der Waals surface area contributed by atoms with Gasteiger partial charge in [-0.25, -0.2) is 0 Å². The molecular formula is C13H27NO4Si. The fraction of sp³-hybridized carbons (Fsp3) is 0.846. The molecule has 0 radical (unpaired) electrons. The molecule has 0 aromatic heterocycles. The van der Waals surface area contributed by atoms with Crippen LogP contribution in [0.4, 0.5) is 0 Å². The van der Waals surface area contributed by atoms with E-state index in [-0.39, 0.29) is 6.10 Å². The third-order valence-corrected chi connectivity index (χ3v) is 6.15. The Hall–Kier alpha value is -0.403. The van der Waals surface area contributed by atoms with Gasteiger partial charge in [0.2, 0.25) is 0 Å². The van der Waals surface area contributed by atoms with Gasteiger partial charge < -0.3 is 22.9 Å². The van der Waals surface area contributed by atoms with E-state index in [2.05, 4.69) is 18.4 Å². The maximum absolute atomic E-state index is 6.14. The fourth-order valence-corrected chi connectivity index (χ4v) is 4.34. The first-order valence-corrected chi connectivity index (χ1v) is 8.85. The van der Waals surface area contributed by atoms with E-state index in [1.165, 1.54) is 0 Å². The molecule has 5 nitrogen and oxygen atoms in total. The van der Waals surface area contributed by atoms with Crippen LogP contribution in [0.2, 0.25) is 6.04 Å². The molecule has 112 valence electrons. The van der Waals surface area contributed by atoms with E-state index in [9.17, 15) is 0 Å². The van der Waals surface area contributed by atoms with Crippen molar-refractivity contribution in [2.75, 3.05) is 40.5 Å². The van der Waals surface area contributed by atoms with Crippen LogP contribution >= 0.6 is 0 Å². The van der Waals surface area contributed by atoms with Crippen molar-refractivity contribution in [3.63, 3.8) is 0 Å². The Balaban J connectivity index is 2.64. The quantitative estimate of drug-likeness (QED) is 0.669. The average Bonchev–Trinajstić information content (AvgIpc) is 2.41. The summed E-state index contributed by atoms with van der Waals surface area (Å²) in [7, 11) is 0.827. The Labute approximate surface area is 117 Å². The molecule has 0 N–H and O–H groups in total. The van der Waals surface area contributed by atoms with Gasteiger partial charge in [0.15, 0.2) is 0 Å². The number of nitrogens with zero attached hydrogens (tertiary/aromatic N) is 1. The Morgan fingerprint density at radius 2 is 2.16 bits per heavy atom. The highest BCUT2D eigenvalue weighted by Crippen LogP contribution is 2.21. The van der Waals surface area contributed by atoms with Gasteiger partial charge in [-0.15, -0.1) is 0 Å². The van der Waals surface area contributed by atoms with Crippen LogP contribution in [0.3, 0.4) is 0 Å². The molecule has 1 saturated heterocycles. The Morgan fingerprint density at radius 1 is 1.42 bits per heavy atom. The molecule has 1 rings (SSSR count). The summed E-state index contributed by atoms with van der Waals surface area (Å²) in [6.07, 6.45) is 3.82. The van der Waals surface area contributed by atoms with Gasteiger partial charge in [0.1, 0.15) is 0 Å². The maximum atomic E-state index is 6.14. The van der Waals surface area contributed by atoms with Crippen molar-refractivity contribution in [2.45, 2.75) is 31.9 Å². The molecule has 0 aromatic carbocycles. The molecule has 0 amide bonds. The van der Waals surface area contributed by atoms with Gasteiger partial charge in [-0.3, -0.25) is 0 Å². The molecular weight excluding hydrogens is 262 g/mol. The summed E-state index contributed by atoms with van der Waals surface area (Å²) in [6, 6.07) is 0.804. The van der Waals surface area contributed by atoms with Crippen molar-refractivity contribution in [3.8, 4) is 0 Å². The Kier molecular flexibility index (Phi) is 7.63. The zero-order valence-electron chi connectivity index (χ0n) is 12.4. The number of rotatable bonds is 7. The Bertz CT molecular complexity index is 261. The zero-order valence-corrected chi connectivity index (χ0v) is 13.4. The van der Waals surface area contributed by atoms with E-state index in [1.54, 1.807) is 14.2 Å². The molecule has 0 aromatic rings. The topological polar surface area (TPSA) is 40.2 Å². The molecule has 0 spiro atoms. The first kappa shape index (κ1) is 16.7. The summed E-state index contributed by atoms with van der Waals surface area (Å²) in [6.45, 7) is 9.04. The van der Waals surface area contributed by atoms with Gasteiger partial charge >= 0.3 is 8.80 Å². The van der Waals surface area contributed by atoms with Crippen LogP contribution in [0.15, 0.2) is 12.8 Å². The van der Waals surface area contributed by atoms with Crippen molar-refractivity contribution in [1.29, 1.82) is 0 Å². The van der Waals surface area contributed by atoms with Crippen molar-refractivity contribution < 1.29 is 18.0 Å². The SMILES string of the molecule is C=CN(CCC)CC1COCCC[Si](OC)(OC)O1. The van der Waals surface area contributed by atoms with Crippen molar-refractivity contribution in [1.82, 2.24) is 4.90 Å². The molecule has 1 unspecified atom stereocenters. The zero-order chi connectivity index (χ0) is 14.1. The Morgan fingerprint density at radius 3 is 2.74 bits per heavy atom. The molecule has 1 aliphatic rings. The van der Waals surface area contributed by atoms with Gasteiger partial charge in [0.25, 0.3) is 0 Å². The predicted octanol–water partition coefficient (Wildman–Crippen LogP) is 1.88. The molecule has 1 heterocycles. The molecule has 1 atom stereocenters. The minimum Gasteiger partial charge on any atom is -0.379 e. The summed E-state index contributed by atoms with van der Waals surface area (Å²) < 4.78 is 22.9. The second-order valence-electron chi connectivity index (χ2n) is 4.69. The van der Waals surface area contributed by atoms with E-state index in [0.717, 1.165) is 38.6 Å². The van der Waals surface area contributed by atoms with E-state index < -0.39 is 8.80 Å². The minimum atomic E-state index is -2.52. The largest absolute Gasteiger partial charge is 0.500 e. The predicted molar refractivity (Wildman–Crippen MR) is 76.9 cm³/mol. The van der Waals surface area contributed by atoms with Crippen LogP contribution < -0.4 is 0 Å². The molecule has 0 saturated carbocycles. The normalized spacial score (nSPS) is 23.4. The van der Waals surface area contributed by atoms with Gasteiger partial charge in [-0.1, -0.05) is 13.5 Å². The van der Waals surface area contributed by atoms with E-state index in [0.29, 0.717) is 6.61 Å². The maximum Gasteiger partial charge on any atom is 0.500 e. The van der Waals surface area contributed by atoms with Gasteiger partial charge in [-0.2, -0.15) is 0 Å². The van der Waals surface area contributed by atoms with Gasteiger partial charge in [0.05, 0.1) is 12.7 Å². The lowest BCUT2D eigenvalue weighted by atomic mass is 10.3. The lowest BCUT2D eigenvalue weighted by molar-refractivity contribution is -0.0229. The molecule has 19 heavy (non-hydrogen) atoms. The summed E-state index contributed by atoms with van der Waals surface area (Å²) in [5.41, 5.74) is 0. The van der Waals surface area contributed by atoms with Crippen LogP contribution in [0, 0.1) is 0 Å². The average molecular weight is 289 g/mol. The highest BCUT2D eigenvalue weighted by atomic mass is 28.4. The molecule has 0 aliphatic carbocycles. The second-order valence-corrected chi connectivity index (χ2v) is 7.61. The monoisotopic (exact) mass is 289 g/mol. The summed E-state index contributed by atoms with van der Waals surface area (Å²) >= 11 is 0. The lowest BCUT2D eigenvalue weighted by Gasteiger charge is -2.35. The summed E-state index contributed by atoms with van der Waals surface area (Å²) in [4.78, 5) is 2.15. The first-order valence-electron chi connectivity index (χ1n) is 6.92. The number of hydrogen-bond acceptors (Lipinski definition) is 5. The van der Waals surface area contributed by atoms with Crippen LogP contribution in [0.1, 0.15) is 19.8 Å². The van der Waals surface area contributed by atoms with E-state index in [1.807, 2.05) is 6.20 Å². The first-order chi connectivity index (χ1) is 9.19. The smallest absolute Gasteiger partial charge is 0.379 e. The standard InChI is InChI=1S/C13H27NO4Si/c1-5-8-14(6-2)11-13-12-17-9-7-10-19(15-3,16-4)18-13/h6,13H,2,5,7-12H2,1,3-4H3. The minimum absolute atomic E-state index is 0.0311. The molecule has 0 bridgehead atoms. The van der Waals surface area contributed by atoms with E-state index >= 15 is 0 Å². The number of hydrogen-bond donors (Lipinski definition) is 0. The second kappa shape index (κ2) is 8.71. The summed E-state index contributed by atoms with van der Waals surface area (Å²) in [5.74, 6) is 0. The highest BCUT2D eigenvalue weighted by molar-refractivity contribution is 6.60. The summed E-state index contributed by atoms with van der Waals surface area (Å²) in [5, 5.41) is 0. The molecule has 1 fully saturated rings. The van der Waals surface area contributed by atoms with Crippen LogP contribution in [-0.2, 0) is 18.0 Å². The van der Waals surface area contributed by atoms with E-state index in [4.69, 9.17) is 18.0 Å². The van der Waals surface area contributed by atoms with Crippen molar-refractivity contribution >= 4 is 8.80 Å². The van der Waals surface area contributed by atoms with Crippen LogP contribution in [0.5, 0.6) is 0 Å². The van der Waals surface area contributed by atoms with Gasteiger partial charge in [-0.05, 0) is 19.0 Å².